The zero-order valence-electron chi connectivity index (χ0n) is 16.2. The van der Waals surface area contributed by atoms with E-state index in [1.165, 1.54) is 11.8 Å². The van der Waals surface area contributed by atoms with Gasteiger partial charge in [-0.2, -0.15) is 0 Å². The number of Topliss-reactive ketones (excluding diaryl/α,β-unsaturated/α-hetero) is 1. The van der Waals surface area contributed by atoms with Gasteiger partial charge in [0.05, 0.1) is 5.75 Å². The summed E-state index contributed by atoms with van der Waals surface area (Å²) in [7, 11) is 0. The van der Waals surface area contributed by atoms with E-state index in [0.29, 0.717) is 28.0 Å². The van der Waals surface area contributed by atoms with Crippen molar-refractivity contribution in [3.63, 3.8) is 0 Å². The van der Waals surface area contributed by atoms with Crippen molar-refractivity contribution < 1.29 is 14.3 Å². The topological polar surface area (TPSA) is 66.2 Å². The van der Waals surface area contributed by atoms with E-state index >= 15 is 0 Å². The fourth-order valence-corrected chi connectivity index (χ4v) is 4.36. The molecule has 1 aromatic heterocycles. The molecular formula is C23H16BrN3O3S. The molecule has 0 spiro atoms. The second kappa shape index (κ2) is 8.56. The van der Waals surface area contributed by atoms with E-state index < -0.39 is 0 Å². The standard InChI is InChI=1S/C23H16BrN3O3S/c24-17-9-6-15(7-10-17)19(28)13-31-23-26-25-22(27(23)18-4-2-1-3-5-18)16-8-11-20-21(12-16)30-14-29-20/h1-12H,13-14H2. The van der Waals surface area contributed by atoms with Gasteiger partial charge in [0.25, 0.3) is 0 Å². The van der Waals surface area contributed by atoms with Gasteiger partial charge in [-0.15, -0.1) is 10.2 Å². The van der Waals surface area contributed by atoms with Gasteiger partial charge in [-0.3, -0.25) is 9.36 Å². The number of hydrogen-bond acceptors (Lipinski definition) is 6. The van der Waals surface area contributed by atoms with Crippen LogP contribution in [0, 0.1) is 0 Å². The predicted molar refractivity (Wildman–Crippen MR) is 122 cm³/mol. The predicted octanol–water partition coefficient (Wildman–Crippen LogP) is 5.40. The van der Waals surface area contributed by atoms with Crippen LogP contribution in [-0.2, 0) is 0 Å². The quantitative estimate of drug-likeness (QED) is 0.264. The van der Waals surface area contributed by atoms with Crippen LogP contribution in [0.3, 0.4) is 0 Å². The molecule has 3 aromatic carbocycles. The van der Waals surface area contributed by atoms with E-state index in [-0.39, 0.29) is 18.3 Å². The summed E-state index contributed by atoms with van der Waals surface area (Å²) in [5.74, 6) is 2.35. The normalized spacial score (nSPS) is 12.2. The number of para-hydroxylation sites is 1. The smallest absolute Gasteiger partial charge is 0.231 e. The number of aromatic nitrogens is 3. The molecule has 0 amide bonds. The Morgan fingerprint density at radius 3 is 2.55 bits per heavy atom. The second-order valence-corrected chi connectivity index (χ2v) is 8.62. The average Bonchev–Trinajstić information content (AvgIpc) is 3.45. The van der Waals surface area contributed by atoms with Crippen molar-refractivity contribution in [1.29, 1.82) is 0 Å². The average molecular weight is 494 g/mol. The van der Waals surface area contributed by atoms with E-state index in [2.05, 4.69) is 26.1 Å². The van der Waals surface area contributed by atoms with Gasteiger partial charge in [0.2, 0.25) is 6.79 Å². The first kappa shape index (κ1) is 19.8. The first-order valence-corrected chi connectivity index (χ1v) is 11.3. The Kier molecular flexibility index (Phi) is 5.48. The maximum Gasteiger partial charge on any atom is 0.231 e. The number of hydrogen-bond donors (Lipinski definition) is 0. The van der Waals surface area contributed by atoms with Crippen molar-refractivity contribution in [2.24, 2.45) is 0 Å². The molecule has 4 aromatic rings. The number of rotatable bonds is 6. The van der Waals surface area contributed by atoms with Crippen LogP contribution in [0.5, 0.6) is 11.5 Å². The Labute approximate surface area is 191 Å². The number of benzene rings is 3. The van der Waals surface area contributed by atoms with Crippen LogP contribution in [0.1, 0.15) is 10.4 Å². The Balaban J connectivity index is 1.48. The van der Waals surface area contributed by atoms with E-state index in [1.54, 1.807) is 0 Å². The summed E-state index contributed by atoms with van der Waals surface area (Å²) in [6, 6.07) is 22.9. The minimum Gasteiger partial charge on any atom is -0.454 e. The monoisotopic (exact) mass is 493 g/mol. The van der Waals surface area contributed by atoms with E-state index in [9.17, 15) is 4.79 Å². The van der Waals surface area contributed by atoms with Crippen LogP contribution < -0.4 is 9.47 Å². The maximum absolute atomic E-state index is 12.7. The number of fused-ring (bicyclic) bond motifs is 1. The van der Waals surface area contributed by atoms with Gasteiger partial charge < -0.3 is 9.47 Å². The molecule has 0 N–H and O–H groups in total. The molecule has 6 nitrogen and oxygen atoms in total. The van der Waals surface area contributed by atoms with Crippen LogP contribution in [0.4, 0.5) is 0 Å². The second-order valence-electron chi connectivity index (χ2n) is 6.76. The SMILES string of the molecule is O=C(CSc1nnc(-c2ccc3c(c2)OCO3)n1-c1ccccc1)c1ccc(Br)cc1. The molecule has 0 unspecified atom stereocenters. The lowest BCUT2D eigenvalue weighted by Crippen LogP contribution is -2.05. The third kappa shape index (κ3) is 4.08. The van der Waals surface area contributed by atoms with Crippen LogP contribution in [0.2, 0.25) is 0 Å². The molecular weight excluding hydrogens is 478 g/mol. The highest BCUT2D eigenvalue weighted by molar-refractivity contribution is 9.10. The molecule has 5 rings (SSSR count). The van der Waals surface area contributed by atoms with Gasteiger partial charge in [-0.05, 0) is 42.5 Å². The molecule has 8 heteroatoms. The number of ether oxygens (including phenoxy) is 2. The third-order valence-corrected chi connectivity index (χ3v) is 6.23. The lowest BCUT2D eigenvalue weighted by molar-refractivity contribution is 0.102. The molecule has 0 atom stereocenters. The highest BCUT2D eigenvalue weighted by Crippen LogP contribution is 2.37. The number of halogens is 1. The summed E-state index contributed by atoms with van der Waals surface area (Å²) in [6.45, 7) is 0.212. The van der Waals surface area contributed by atoms with Crippen molar-refractivity contribution in [2.75, 3.05) is 12.5 Å². The van der Waals surface area contributed by atoms with Gasteiger partial charge in [-0.1, -0.05) is 58.0 Å². The molecule has 0 saturated carbocycles. The van der Waals surface area contributed by atoms with E-state index in [4.69, 9.17) is 9.47 Å². The summed E-state index contributed by atoms with van der Waals surface area (Å²) < 4.78 is 13.8. The van der Waals surface area contributed by atoms with Crippen molar-refractivity contribution in [2.45, 2.75) is 5.16 Å². The fraction of sp³-hybridized carbons (Fsp3) is 0.0870. The number of carbonyl (C=O) groups excluding carboxylic acids is 1. The Morgan fingerprint density at radius 1 is 0.968 bits per heavy atom. The molecule has 0 saturated heterocycles. The molecule has 0 fully saturated rings. The molecule has 0 aliphatic carbocycles. The Morgan fingerprint density at radius 2 is 1.74 bits per heavy atom. The van der Waals surface area contributed by atoms with Crippen LogP contribution >= 0.6 is 27.7 Å². The van der Waals surface area contributed by atoms with E-state index in [0.717, 1.165) is 15.7 Å². The van der Waals surface area contributed by atoms with Crippen molar-refractivity contribution in [3.8, 4) is 28.6 Å². The fourth-order valence-electron chi connectivity index (χ4n) is 3.25. The molecule has 154 valence electrons. The Hall–Kier alpha value is -3.10. The van der Waals surface area contributed by atoms with Gasteiger partial charge in [0.15, 0.2) is 28.3 Å². The van der Waals surface area contributed by atoms with Crippen LogP contribution in [0.25, 0.3) is 17.1 Å². The maximum atomic E-state index is 12.7. The van der Waals surface area contributed by atoms with Gasteiger partial charge in [-0.25, -0.2) is 0 Å². The Bertz CT molecular complexity index is 1240. The summed E-state index contributed by atoms with van der Waals surface area (Å²) in [5.41, 5.74) is 2.43. The van der Waals surface area contributed by atoms with Crippen molar-refractivity contribution in [3.05, 3.63) is 82.8 Å². The molecule has 31 heavy (non-hydrogen) atoms. The number of thioether (sulfide) groups is 1. The van der Waals surface area contributed by atoms with Gasteiger partial charge in [0.1, 0.15) is 0 Å². The summed E-state index contributed by atoms with van der Waals surface area (Å²) >= 11 is 4.76. The summed E-state index contributed by atoms with van der Waals surface area (Å²) in [6.07, 6.45) is 0. The first-order chi connectivity index (χ1) is 15.2. The zero-order valence-corrected chi connectivity index (χ0v) is 18.6. The first-order valence-electron chi connectivity index (χ1n) is 9.51. The highest BCUT2D eigenvalue weighted by Gasteiger charge is 2.20. The van der Waals surface area contributed by atoms with E-state index in [1.807, 2.05) is 77.4 Å². The highest BCUT2D eigenvalue weighted by atomic mass is 79.9. The summed E-state index contributed by atoms with van der Waals surface area (Å²) in [5, 5.41) is 9.46. The molecule has 1 aliphatic rings. The molecule has 1 aliphatic heterocycles. The number of carbonyl (C=O) groups is 1. The van der Waals surface area contributed by atoms with Gasteiger partial charge >= 0.3 is 0 Å². The zero-order chi connectivity index (χ0) is 21.2. The van der Waals surface area contributed by atoms with Crippen molar-refractivity contribution in [1.82, 2.24) is 14.8 Å². The lowest BCUT2D eigenvalue weighted by Gasteiger charge is -2.10. The minimum absolute atomic E-state index is 0.0322. The molecule has 0 bridgehead atoms. The number of ketones is 1. The van der Waals surface area contributed by atoms with Gasteiger partial charge in [0, 0.05) is 21.3 Å². The van der Waals surface area contributed by atoms with Crippen LogP contribution in [0.15, 0.2) is 82.4 Å². The largest absolute Gasteiger partial charge is 0.454 e. The third-order valence-electron chi connectivity index (χ3n) is 4.78. The lowest BCUT2D eigenvalue weighted by atomic mass is 10.2. The van der Waals surface area contributed by atoms with Crippen molar-refractivity contribution >= 4 is 33.5 Å². The minimum atomic E-state index is 0.0322. The molecule has 0 radical (unpaired) electrons. The molecule has 2 heterocycles. The summed E-state index contributed by atoms with van der Waals surface area (Å²) in [4.78, 5) is 12.7. The van der Waals surface area contributed by atoms with Crippen LogP contribution in [-0.4, -0.2) is 33.1 Å². The number of nitrogens with zero attached hydrogens (tertiary/aromatic N) is 3.